The van der Waals surface area contributed by atoms with Gasteiger partial charge >= 0.3 is 0 Å². The van der Waals surface area contributed by atoms with Gasteiger partial charge in [0.05, 0.1) is 22.7 Å². The molecule has 0 spiro atoms. The van der Waals surface area contributed by atoms with E-state index in [1.807, 2.05) is 49.4 Å². The fraction of sp³-hybridized carbons (Fsp3) is 0.125. The van der Waals surface area contributed by atoms with Crippen LogP contribution in [-0.4, -0.2) is 9.55 Å². The van der Waals surface area contributed by atoms with E-state index >= 15 is 0 Å². The summed E-state index contributed by atoms with van der Waals surface area (Å²) in [6.07, 6.45) is 0. The van der Waals surface area contributed by atoms with E-state index < -0.39 is 0 Å². The predicted octanol–water partition coefficient (Wildman–Crippen LogP) is 3.26. The van der Waals surface area contributed by atoms with Crippen molar-refractivity contribution in [3.05, 3.63) is 65.5 Å². The second-order valence-electron chi connectivity index (χ2n) is 4.55. The molecule has 0 radical (unpaired) electrons. The van der Waals surface area contributed by atoms with E-state index in [-0.39, 0.29) is 0 Å². The number of nitrogens with zero attached hydrogens (tertiary/aromatic N) is 3. The molecule has 0 atom stereocenters. The number of rotatable bonds is 2. The van der Waals surface area contributed by atoms with E-state index in [2.05, 4.69) is 21.7 Å². The maximum absolute atomic E-state index is 8.95. The van der Waals surface area contributed by atoms with Gasteiger partial charge in [-0.1, -0.05) is 24.3 Å². The van der Waals surface area contributed by atoms with Gasteiger partial charge in [-0.2, -0.15) is 5.26 Å². The average molecular weight is 247 g/mol. The van der Waals surface area contributed by atoms with Crippen molar-refractivity contribution in [1.82, 2.24) is 9.55 Å². The molecular weight excluding hydrogens is 234 g/mol. The van der Waals surface area contributed by atoms with Gasteiger partial charge in [-0.3, -0.25) is 0 Å². The molecule has 1 aromatic heterocycles. The average Bonchev–Trinajstić information content (AvgIpc) is 2.76. The van der Waals surface area contributed by atoms with Crippen LogP contribution >= 0.6 is 0 Å². The third-order valence-electron chi connectivity index (χ3n) is 3.24. The fourth-order valence-corrected chi connectivity index (χ4v) is 2.32. The standard InChI is InChI=1S/C16H13N3/c1-12-18-15-7-2-3-8-16(15)19(12)11-14-6-4-5-13(9-14)10-17/h2-9H,11H2,1H3. The van der Waals surface area contributed by atoms with Gasteiger partial charge in [-0.05, 0) is 36.8 Å². The van der Waals surface area contributed by atoms with Crippen LogP contribution in [0, 0.1) is 18.3 Å². The number of fused-ring (bicyclic) bond motifs is 1. The lowest BCUT2D eigenvalue weighted by Gasteiger charge is -2.07. The molecule has 2 aromatic carbocycles. The summed E-state index contributed by atoms with van der Waals surface area (Å²) in [5.74, 6) is 0.989. The summed E-state index contributed by atoms with van der Waals surface area (Å²) in [6.45, 7) is 2.75. The molecule has 0 aliphatic carbocycles. The highest BCUT2D eigenvalue weighted by Crippen LogP contribution is 2.17. The number of hydrogen-bond acceptors (Lipinski definition) is 2. The highest BCUT2D eigenvalue weighted by Gasteiger charge is 2.07. The Balaban J connectivity index is 2.06. The quantitative estimate of drug-likeness (QED) is 0.697. The Kier molecular flexibility index (Phi) is 2.77. The number of aryl methyl sites for hydroxylation is 1. The molecule has 0 N–H and O–H groups in total. The van der Waals surface area contributed by atoms with Gasteiger partial charge in [-0.15, -0.1) is 0 Å². The Labute approximate surface area is 111 Å². The summed E-state index contributed by atoms with van der Waals surface area (Å²) >= 11 is 0. The molecule has 0 saturated carbocycles. The van der Waals surface area contributed by atoms with E-state index in [1.165, 1.54) is 0 Å². The number of benzene rings is 2. The van der Waals surface area contributed by atoms with Gasteiger partial charge in [0.25, 0.3) is 0 Å². The lowest BCUT2D eigenvalue weighted by Crippen LogP contribution is -2.02. The monoisotopic (exact) mass is 247 g/mol. The van der Waals surface area contributed by atoms with Crippen LogP contribution in [0.3, 0.4) is 0 Å². The molecule has 19 heavy (non-hydrogen) atoms. The van der Waals surface area contributed by atoms with Crippen LogP contribution in [0.25, 0.3) is 11.0 Å². The summed E-state index contributed by atoms with van der Waals surface area (Å²) in [4.78, 5) is 4.55. The summed E-state index contributed by atoms with van der Waals surface area (Å²) in [7, 11) is 0. The molecule has 0 saturated heterocycles. The number of hydrogen-bond donors (Lipinski definition) is 0. The maximum atomic E-state index is 8.95. The zero-order valence-electron chi connectivity index (χ0n) is 10.7. The van der Waals surface area contributed by atoms with Gasteiger partial charge in [0, 0.05) is 6.54 Å². The number of para-hydroxylation sites is 2. The first-order valence-electron chi connectivity index (χ1n) is 6.19. The fourth-order valence-electron chi connectivity index (χ4n) is 2.32. The predicted molar refractivity (Wildman–Crippen MR) is 74.7 cm³/mol. The van der Waals surface area contributed by atoms with Crippen molar-refractivity contribution in [2.24, 2.45) is 0 Å². The highest BCUT2D eigenvalue weighted by molar-refractivity contribution is 5.75. The normalized spacial score (nSPS) is 10.5. The highest BCUT2D eigenvalue weighted by atomic mass is 15.1. The van der Waals surface area contributed by atoms with Crippen LogP contribution in [-0.2, 0) is 6.54 Å². The van der Waals surface area contributed by atoms with Crippen molar-refractivity contribution >= 4 is 11.0 Å². The molecule has 3 aromatic rings. The van der Waals surface area contributed by atoms with Crippen molar-refractivity contribution in [1.29, 1.82) is 5.26 Å². The van der Waals surface area contributed by atoms with Crippen molar-refractivity contribution in [2.75, 3.05) is 0 Å². The minimum absolute atomic E-state index is 0.694. The molecule has 0 unspecified atom stereocenters. The van der Waals surface area contributed by atoms with E-state index in [0.29, 0.717) is 5.56 Å². The van der Waals surface area contributed by atoms with Crippen LogP contribution in [0.4, 0.5) is 0 Å². The van der Waals surface area contributed by atoms with Crippen LogP contribution in [0.1, 0.15) is 17.0 Å². The molecule has 1 heterocycles. The van der Waals surface area contributed by atoms with Crippen molar-refractivity contribution in [3.63, 3.8) is 0 Å². The van der Waals surface area contributed by atoms with Crippen molar-refractivity contribution in [2.45, 2.75) is 13.5 Å². The molecule has 0 aliphatic heterocycles. The van der Waals surface area contributed by atoms with E-state index in [4.69, 9.17) is 5.26 Å². The summed E-state index contributed by atoms with van der Waals surface area (Å²) in [5, 5.41) is 8.95. The minimum Gasteiger partial charge on any atom is -0.324 e. The molecule has 0 bridgehead atoms. The Morgan fingerprint density at radius 2 is 2.00 bits per heavy atom. The molecule has 0 aliphatic rings. The Bertz CT molecular complexity index is 778. The lowest BCUT2D eigenvalue weighted by molar-refractivity contribution is 0.786. The SMILES string of the molecule is Cc1nc2ccccc2n1Cc1cccc(C#N)c1. The number of nitriles is 1. The van der Waals surface area contributed by atoms with Gasteiger partial charge in [0.2, 0.25) is 0 Å². The van der Waals surface area contributed by atoms with Crippen LogP contribution < -0.4 is 0 Å². The first-order chi connectivity index (χ1) is 9.28. The molecule has 0 fully saturated rings. The first kappa shape index (κ1) is 11.5. The largest absolute Gasteiger partial charge is 0.324 e. The smallest absolute Gasteiger partial charge is 0.107 e. The second kappa shape index (κ2) is 4.58. The van der Waals surface area contributed by atoms with E-state index in [1.54, 1.807) is 0 Å². The van der Waals surface area contributed by atoms with Gasteiger partial charge in [0.1, 0.15) is 5.82 Å². The summed E-state index contributed by atoms with van der Waals surface area (Å²) in [6, 6.07) is 18.0. The lowest BCUT2D eigenvalue weighted by atomic mass is 10.1. The van der Waals surface area contributed by atoms with Crippen molar-refractivity contribution < 1.29 is 0 Å². The maximum Gasteiger partial charge on any atom is 0.107 e. The third kappa shape index (κ3) is 2.09. The minimum atomic E-state index is 0.694. The molecule has 92 valence electrons. The molecule has 0 amide bonds. The molecular formula is C16H13N3. The number of imidazole rings is 1. The Morgan fingerprint density at radius 3 is 2.84 bits per heavy atom. The Morgan fingerprint density at radius 1 is 1.16 bits per heavy atom. The van der Waals surface area contributed by atoms with E-state index in [9.17, 15) is 0 Å². The first-order valence-corrected chi connectivity index (χ1v) is 6.19. The Hall–Kier alpha value is -2.60. The zero-order valence-corrected chi connectivity index (χ0v) is 10.7. The topological polar surface area (TPSA) is 41.6 Å². The molecule has 3 nitrogen and oxygen atoms in total. The van der Waals surface area contributed by atoms with Gasteiger partial charge < -0.3 is 4.57 Å². The van der Waals surface area contributed by atoms with Crippen LogP contribution in [0.2, 0.25) is 0 Å². The third-order valence-corrected chi connectivity index (χ3v) is 3.24. The zero-order chi connectivity index (χ0) is 13.2. The molecule has 3 rings (SSSR count). The van der Waals surface area contributed by atoms with E-state index in [0.717, 1.165) is 29.0 Å². The van der Waals surface area contributed by atoms with Gasteiger partial charge in [0.15, 0.2) is 0 Å². The van der Waals surface area contributed by atoms with Crippen LogP contribution in [0.15, 0.2) is 48.5 Å². The van der Waals surface area contributed by atoms with Gasteiger partial charge in [-0.25, -0.2) is 4.98 Å². The van der Waals surface area contributed by atoms with Crippen molar-refractivity contribution in [3.8, 4) is 6.07 Å². The number of aromatic nitrogens is 2. The second-order valence-corrected chi connectivity index (χ2v) is 4.55. The molecule has 3 heteroatoms. The summed E-state index contributed by atoms with van der Waals surface area (Å²) < 4.78 is 2.17. The summed E-state index contributed by atoms with van der Waals surface area (Å²) in [5.41, 5.74) is 3.95. The van der Waals surface area contributed by atoms with Crippen LogP contribution in [0.5, 0.6) is 0 Å².